The third-order valence-corrected chi connectivity index (χ3v) is 5.57. The fraction of sp³-hybridized carbons (Fsp3) is 0.381. The van der Waals surface area contributed by atoms with Gasteiger partial charge in [0.2, 0.25) is 5.91 Å². The van der Waals surface area contributed by atoms with E-state index in [1.807, 2.05) is 30.3 Å². The van der Waals surface area contributed by atoms with Crippen molar-refractivity contribution in [2.45, 2.75) is 24.8 Å². The Morgan fingerprint density at radius 2 is 1.78 bits per heavy atom. The Morgan fingerprint density at radius 3 is 2.56 bits per heavy atom. The summed E-state index contributed by atoms with van der Waals surface area (Å²) in [5.41, 5.74) is 1.62. The molecule has 1 amide bonds. The molecule has 4 rings (SSSR count). The van der Waals surface area contributed by atoms with Gasteiger partial charge < -0.3 is 19.5 Å². The number of hydrogen-bond acceptors (Lipinski definition) is 4. The zero-order valence-corrected chi connectivity index (χ0v) is 16.6. The molecule has 27 heavy (non-hydrogen) atoms. The van der Waals surface area contributed by atoms with Gasteiger partial charge in [-0.3, -0.25) is 4.79 Å². The third-order valence-electron chi connectivity index (χ3n) is 5.07. The van der Waals surface area contributed by atoms with E-state index < -0.39 is 5.54 Å². The summed E-state index contributed by atoms with van der Waals surface area (Å²) in [6.07, 6.45) is 1.82. The lowest BCUT2D eigenvalue weighted by molar-refractivity contribution is -0.123. The van der Waals surface area contributed by atoms with Crippen LogP contribution in [0.5, 0.6) is 11.5 Å². The van der Waals surface area contributed by atoms with Crippen molar-refractivity contribution in [1.29, 1.82) is 0 Å². The van der Waals surface area contributed by atoms with E-state index in [9.17, 15) is 4.79 Å². The van der Waals surface area contributed by atoms with E-state index in [0.717, 1.165) is 34.2 Å². The smallest absolute Gasteiger partial charge is 0.225 e. The summed E-state index contributed by atoms with van der Waals surface area (Å²) in [7, 11) is 0. The molecule has 0 saturated carbocycles. The number of fused-ring (bicyclic) bond motifs is 1. The van der Waals surface area contributed by atoms with Crippen molar-refractivity contribution in [3.8, 4) is 11.5 Å². The highest BCUT2D eigenvalue weighted by atomic mass is 79.9. The van der Waals surface area contributed by atoms with Gasteiger partial charge in [-0.2, -0.15) is 0 Å². The Hall–Kier alpha value is -2.05. The lowest BCUT2D eigenvalue weighted by Crippen LogP contribution is -2.50. The van der Waals surface area contributed by atoms with Crippen LogP contribution in [-0.2, 0) is 21.5 Å². The summed E-state index contributed by atoms with van der Waals surface area (Å²) < 4.78 is 17.7. The molecule has 2 heterocycles. The molecule has 5 nitrogen and oxygen atoms in total. The fourth-order valence-electron chi connectivity index (χ4n) is 3.69. The standard InChI is InChI=1S/C21H22BrNO4/c22-17-3-1-2-16(14-17)21(6-8-25-9-7-21)23-20(24)13-15-4-5-18-19(12-15)27-11-10-26-18/h1-5,12,14H,6-11,13H2,(H,23,24). The number of ether oxygens (including phenoxy) is 3. The van der Waals surface area contributed by atoms with Crippen LogP contribution in [0.2, 0.25) is 0 Å². The van der Waals surface area contributed by atoms with E-state index in [1.54, 1.807) is 0 Å². The minimum absolute atomic E-state index is 0.00597. The van der Waals surface area contributed by atoms with Crippen LogP contribution in [0.15, 0.2) is 46.9 Å². The molecule has 2 aliphatic heterocycles. The molecule has 0 radical (unpaired) electrons. The second kappa shape index (κ2) is 7.90. The molecule has 142 valence electrons. The molecule has 2 aliphatic rings. The van der Waals surface area contributed by atoms with Crippen molar-refractivity contribution in [2.75, 3.05) is 26.4 Å². The highest BCUT2D eigenvalue weighted by Gasteiger charge is 2.36. The summed E-state index contributed by atoms with van der Waals surface area (Å²) in [6, 6.07) is 13.8. The van der Waals surface area contributed by atoms with Gasteiger partial charge in [0.15, 0.2) is 11.5 Å². The SMILES string of the molecule is O=C(Cc1ccc2c(c1)OCCO2)NC1(c2cccc(Br)c2)CCOCC1. The Balaban J connectivity index is 1.52. The summed E-state index contributed by atoms with van der Waals surface area (Å²) >= 11 is 3.54. The third kappa shape index (κ3) is 4.12. The maximum Gasteiger partial charge on any atom is 0.225 e. The predicted octanol–water partition coefficient (Wildman–Crippen LogP) is 3.58. The van der Waals surface area contributed by atoms with Crippen LogP contribution in [0.1, 0.15) is 24.0 Å². The number of hydrogen-bond donors (Lipinski definition) is 1. The zero-order valence-electron chi connectivity index (χ0n) is 15.0. The normalized spacial score (nSPS) is 18.0. The number of amides is 1. The Morgan fingerprint density at radius 1 is 1.00 bits per heavy atom. The molecule has 0 unspecified atom stereocenters. The topological polar surface area (TPSA) is 56.8 Å². The number of halogens is 1. The first-order valence-electron chi connectivity index (χ1n) is 9.18. The van der Waals surface area contributed by atoms with E-state index >= 15 is 0 Å². The van der Waals surface area contributed by atoms with Crippen molar-refractivity contribution in [2.24, 2.45) is 0 Å². The minimum atomic E-state index is -0.396. The first-order valence-corrected chi connectivity index (χ1v) is 9.97. The van der Waals surface area contributed by atoms with Gasteiger partial charge in [-0.05, 0) is 48.2 Å². The first-order chi connectivity index (χ1) is 13.1. The van der Waals surface area contributed by atoms with E-state index in [4.69, 9.17) is 14.2 Å². The molecule has 0 spiro atoms. The Labute approximate surface area is 167 Å². The maximum absolute atomic E-state index is 12.9. The van der Waals surface area contributed by atoms with Crippen molar-refractivity contribution in [3.05, 3.63) is 58.1 Å². The number of rotatable bonds is 4. The Kier molecular flexibility index (Phi) is 5.36. The first kappa shape index (κ1) is 18.3. The maximum atomic E-state index is 12.9. The molecule has 6 heteroatoms. The van der Waals surface area contributed by atoms with Gasteiger partial charge in [0, 0.05) is 17.7 Å². The van der Waals surface area contributed by atoms with E-state index in [1.165, 1.54) is 0 Å². The monoisotopic (exact) mass is 431 g/mol. The summed E-state index contributed by atoms with van der Waals surface area (Å²) in [4.78, 5) is 12.9. The van der Waals surface area contributed by atoms with Crippen LogP contribution in [0.4, 0.5) is 0 Å². The molecule has 1 N–H and O–H groups in total. The fourth-order valence-corrected chi connectivity index (χ4v) is 4.09. The molecular formula is C21H22BrNO4. The summed E-state index contributed by atoms with van der Waals surface area (Å²) in [5.74, 6) is 1.44. The molecule has 2 aromatic rings. The number of benzene rings is 2. The molecule has 1 saturated heterocycles. The number of nitrogens with one attached hydrogen (secondary N) is 1. The van der Waals surface area contributed by atoms with Crippen molar-refractivity contribution >= 4 is 21.8 Å². The molecule has 2 aromatic carbocycles. The van der Waals surface area contributed by atoms with Gasteiger partial charge in [-0.25, -0.2) is 0 Å². The quantitative estimate of drug-likeness (QED) is 0.803. The van der Waals surface area contributed by atoms with Crippen molar-refractivity contribution in [3.63, 3.8) is 0 Å². The van der Waals surface area contributed by atoms with E-state index in [2.05, 4.69) is 33.4 Å². The lowest BCUT2D eigenvalue weighted by Gasteiger charge is -2.38. The van der Waals surface area contributed by atoms with Crippen LogP contribution >= 0.6 is 15.9 Å². The molecule has 0 aromatic heterocycles. The molecule has 0 bridgehead atoms. The van der Waals surface area contributed by atoms with Crippen LogP contribution in [-0.4, -0.2) is 32.3 Å². The highest BCUT2D eigenvalue weighted by molar-refractivity contribution is 9.10. The van der Waals surface area contributed by atoms with Crippen LogP contribution in [0.25, 0.3) is 0 Å². The van der Waals surface area contributed by atoms with Gasteiger partial charge in [0.1, 0.15) is 13.2 Å². The van der Waals surface area contributed by atoms with Gasteiger partial charge >= 0.3 is 0 Å². The minimum Gasteiger partial charge on any atom is -0.486 e. The van der Waals surface area contributed by atoms with Gasteiger partial charge in [0.25, 0.3) is 0 Å². The second-order valence-corrected chi connectivity index (χ2v) is 7.82. The zero-order chi connectivity index (χ0) is 18.7. The lowest BCUT2D eigenvalue weighted by atomic mass is 9.82. The summed E-state index contributed by atoms with van der Waals surface area (Å²) in [5, 5.41) is 3.29. The average Bonchev–Trinajstić information content (AvgIpc) is 2.68. The molecule has 0 atom stereocenters. The number of carbonyl (C=O) groups excluding carboxylic acids is 1. The Bertz CT molecular complexity index is 833. The van der Waals surface area contributed by atoms with Crippen LogP contribution in [0.3, 0.4) is 0 Å². The molecule has 1 fully saturated rings. The average molecular weight is 432 g/mol. The largest absolute Gasteiger partial charge is 0.486 e. The summed E-state index contributed by atoms with van der Waals surface area (Å²) in [6.45, 7) is 2.37. The van der Waals surface area contributed by atoms with Crippen molar-refractivity contribution < 1.29 is 19.0 Å². The molecular weight excluding hydrogens is 410 g/mol. The van der Waals surface area contributed by atoms with Crippen LogP contribution < -0.4 is 14.8 Å². The van der Waals surface area contributed by atoms with Gasteiger partial charge in [0.05, 0.1) is 12.0 Å². The molecule has 0 aliphatic carbocycles. The van der Waals surface area contributed by atoms with E-state index in [-0.39, 0.29) is 5.91 Å². The van der Waals surface area contributed by atoms with Crippen LogP contribution in [0, 0.1) is 0 Å². The van der Waals surface area contributed by atoms with E-state index in [0.29, 0.717) is 38.6 Å². The van der Waals surface area contributed by atoms with Gasteiger partial charge in [-0.1, -0.05) is 34.1 Å². The van der Waals surface area contributed by atoms with Gasteiger partial charge in [-0.15, -0.1) is 0 Å². The predicted molar refractivity (Wildman–Crippen MR) is 105 cm³/mol. The number of carbonyl (C=O) groups is 1. The van der Waals surface area contributed by atoms with Crippen molar-refractivity contribution in [1.82, 2.24) is 5.32 Å². The highest BCUT2D eigenvalue weighted by Crippen LogP contribution is 2.34. The second-order valence-electron chi connectivity index (χ2n) is 6.91.